The monoisotopic (exact) mass is 321 g/mol. The molecule has 128 valence electrons. The van der Waals surface area contributed by atoms with Gasteiger partial charge in [-0.2, -0.15) is 0 Å². The van der Waals surface area contributed by atoms with Gasteiger partial charge in [-0.05, 0) is 45.9 Å². The minimum absolute atomic E-state index is 0.0636. The third kappa shape index (κ3) is 4.24. The van der Waals surface area contributed by atoms with Gasteiger partial charge in [-0.3, -0.25) is 0 Å². The largest absolute Gasteiger partial charge is 0.456 e. The van der Waals surface area contributed by atoms with E-state index in [4.69, 9.17) is 19.9 Å². The van der Waals surface area contributed by atoms with Gasteiger partial charge in [-0.25, -0.2) is 4.79 Å². The Kier molecular flexibility index (Phi) is 4.48. The molecule has 1 aromatic carbocycles. The molecule has 0 aromatic heterocycles. The molecule has 0 radical (unpaired) electrons. The molecule has 0 bridgehead atoms. The molecule has 0 aliphatic carbocycles. The number of carbonyl (C=O) groups excluding carboxylic acids is 1. The van der Waals surface area contributed by atoms with Crippen molar-refractivity contribution in [2.75, 3.05) is 18.9 Å². The van der Waals surface area contributed by atoms with Crippen molar-refractivity contribution in [3.63, 3.8) is 0 Å². The zero-order chi connectivity index (χ0) is 17.5. The summed E-state index contributed by atoms with van der Waals surface area (Å²) >= 11 is 0. The maximum Gasteiger partial charge on any atom is 0.339 e. The van der Waals surface area contributed by atoms with E-state index in [0.29, 0.717) is 30.0 Å². The number of benzene rings is 1. The van der Waals surface area contributed by atoms with E-state index in [0.717, 1.165) is 0 Å². The summed E-state index contributed by atoms with van der Waals surface area (Å²) in [7, 11) is 0. The Hall–Kier alpha value is -1.59. The molecule has 23 heavy (non-hydrogen) atoms. The van der Waals surface area contributed by atoms with Crippen molar-refractivity contribution in [2.24, 2.45) is 5.41 Å². The molecule has 5 heteroatoms. The van der Waals surface area contributed by atoms with Gasteiger partial charge in [0.1, 0.15) is 5.60 Å². The smallest absolute Gasteiger partial charge is 0.339 e. The van der Waals surface area contributed by atoms with E-state index in [-0.39, 0.29) is 5.41 Å². The summed E-state index contributed by atoms with van der Waals surface area (Å²) in [6.45, 7) is 12.5. The normalized spacial score (nSPS) is 20.1. The van der Waals surface area contributed by atoms with Crippen LogP contribution >= 0.6 is 0 Å². The highest BCUT2D eigenvalue weighted by Crippen LogP contribution is 2.38. The lowest BCUT2D eigenvalue weighted by atomic mass is 9.92. The lowest BCUT2D eigenvalue weighted by molar-refractivity contribution is -0.298. The first-order chi connectivity index (χ1) is 10.4. The molecule has 0 amide bonds. The van der Waals surface area contributed by atoms with Crippen molar-refractivity contribution < 1.29 is 19.0 Å². The lowest BCUT2D eigenvalue weighted by Crippen LogP contribution is -2.44. The molecule has 0 saturated carbocycles. The third-order valence-corrected chi connectivity index (χ3v) is 3.63. The molecule has 0 unspecified atom stereocenters. The second-order valence-electron chi connectivity index (χ2n) is 7.99. The highest BCUT2D eigenvalue weighted by molar-refractivity contribution is 5.92. The summed E-state index contributed by atoms with van der Waals surface area (Å²) < 4.78 is 17.4. The second-order valence-corrected chi connectivity index (χ2v) is 7.99. The standard InChI is InChI=1S/C18H27NO4/c1-16(2,3)23-15(20)13-8-7-12(19)9-14(13)18(6)21-10-17(4,5)11-22-18/h7-9H,10-11,19H2,1-6H3. The number of anilines is 1. The molecule has 1 saturated heterocycles. The zero-order valence-corrected chi connectivity index (χ0v) is 14.9. The van der Waals surface area contributed by atoms with Gasteiger partial charge in [0, 0.05) is 16.7 Å². The molecule has 1 aliphatic rings. The van der Waals surface area contributed by atoms with Gasteiger partial charge in [-0.15, -0.1) is 0 Å². The first kappa shape index (κ1) is 17.8. The van der Waals surface area contributed by atoms with Crippen LogP contribution in [0.3, 0.4) is 0 Å². The number of rotatable bonds is 2. The maximum absolute atomic E-state index is 12.5. The van der Waals surface area contributed by atoms with Gasteiger partial charge in [0.15, 0.2) is 5.79 Å². The molecular weight excluding hydrogens is 294 g/mol. The van der Waals surface area contributed by atoms with Crippen LogP contribution in [-0.2, 0) is 20.0 Å². The van der Waals surface area contributed by atoms with Crippen LogP contribution in [-0.4, -0.2) is 24.8 Å². The fourth-order valence-electron chi connectivity index (χ4n) is 2.35. The van der Waals surface area contributed by atoms with E-state index in [2.05, 4.69) is 13.8 Å². The molecule has 0 atom stereocenters. The molecule has 1 fully saturated rings. The molecule has 2 N–H and O–H groups in total. The quantitative estimate of drug-likeness (QED) is 0.667. The minimum atomic E-state index is -1.02. The molecule has 2 rings (SSSR count). The highest BCUT2D eigenvalue weighted by Gasteiger charge is 2.41. The summed E-state index contributed by atoms with van der Waals surface area (Å²) in [5, 5.41) is 0. The molecule has 1 aromatic rings. The fourth-order valence-corrected chi connectivity index (χ4v) is 2.35. The van der Waals surface area contributed by atoms with E-state index >= 15 is 0 Å². The van der Waals surface area contributed by atoms with Crippen molar-refractivity contribution in [2.45, 2.75) is 52.9 Å². The molecule has 5 nitrogen and oxygen atoms in total. The minimum Gasteiger partial charge on any atom is -0.456 e. The zero-order valence-electron chi connectivity index (χ0n) is 14.9. The maximum atomic E-state index is 12.5. The predicted molar refractivity (Wildman–Crippen MR) is 89.1 cm³/mol. The average molecular weight is 321 g/mol. The van der Waals surface area contributed by atoms with Gasteiger partial charge in [-0.1, -0.05) is 13.8 Å². The number of hydrogen-bond acceptors (Lipinski definition) is 5. The Morgan fingerprint density at radius 1 is 1.17 bits per heavy atom. The number of ether oxygens (including phenoxy) is 3. The molecule has 1 heterocycles. The summed E-state index contributed by atoms with van der Waals surface area (Å²) in [5.41, 5.74) is 6.83. The van der Waals surface area contributed by atoms with Crippen molar-refractivity contribution >= 4 is 11.7 Å². The Balaban J connectivity index is 2.38. The van der Waals surface area contributed by atoms with Crippen LogP contribution in [0.25, 0.3) is 0 Å². The van der Waals surface area contributed by atoms with Gasteiger partial charge in [0.2, 0.25) is 0 Å². The van der Waals surface area contributed by atoms with E-state index in [1.54, 1.807) is 18.2 Å². The summed E-state index contributed by atoms with van der Waals surface area (Å²) in [4.78, 5) is 12.5. The average Bonchev–Trinajstić information content (AvgIpc) is 2.40. The van der Waals surface area contributed by atoms with Gasteiger partial charge in [0.25, 0.3) is 0 Å². The van der Waals surface area contributed by atoms with Crippen LogP contribution < -0.4 is 5.73 Å². The molecule has 0 spiro atoms. The number of hydrogen-bond donors (Lipinski definition) is 1. The van der Waals surface area contributed by atoms with Crippen molar-refractivity contribution in [1.29, 1.82) is 0 Å². The van der Waals surface area contributed by atoms with Crippen LogP contribution in [0.1, 0.15) is 57.5 Å². The number of carbonyl (C=O) groups is 1. The van der Waals surface area contributed by atoms with Gasteiger partial charge < -0.3 is 19.9 Å². The van der Waals surface area contributed by atoms with Crippen LogP contribution in [0.4, 0.5) is 5.69 Å². The Morgan fingerprint density at radius 2 is 1.74 bits per heavy atom. The first-order valence-corrected chi connectivity index (χ1v) is 7.83. The topological polar surface area (TPSA) is 70.8 Å². The number of nitrogen functional groups attached to an aromatic ring is 1. The summed E-state index contributed by atoms with van der Waals surface area (Å²) in [5.74, 6) is -1.43. The van der Waals surface area contributed by atoms with E-state index in [1.165, 1.54) is 0 Å². The van der Waals surface area contributed by atoms with Crippen molar-refractivity contribution in [3.8, 4) is 0 Å². The summed E-state index contributed by atoms with van der Waals surface area (Å²) in [6, 6.07) is 5.06. The third-order valence-electron chi connectivity index (χ3n) is 3.63. The lowest BCUT2D eigenvalue weighted by Gasteiger charge is -2.42. The number of esters is 1. The van der Waals surface area contributed by atoms with Crippen LogP contribution in [0.15, 0.2) is 18.2 Å². The van der Waals surface area contributed by atoms with Crippen LogP contribution in [0.5, 0.6) is 0 Å². The van der Waals surface area contributed by atoms with Gasteiger partial charge >= 0.3 is 5.97 Å². The molecule has 1 aliphatic heterocycles. The van der Waals surface area contributed by atoms with Gasteiger partial charge in [0.05, 0.1) is 18.8 Å². The van der Waals surface area contributed by atoms with Crippen LogP contribution in [0.2, 0.25) is 0 Å². The van der Waals surface area contributed by atoms with Crippen molar-refractivity contribution in [3.05, 3.63) is 29.3 Å². The van der Waals surface area contributed by atoms with E-state index in [9.17, 15) is 4.79 Å². The molecular formula is C18H27NO4. The SMILES string of the molecule is CC1(C)COC(C)(c2cc(N)ccc2C(=O)OC(C)(C)C)OC1. The van der Waals surface area contributed by atoms with Crippen LogP contribution in [0, 0.1) is 5.41 Å². The van der Waals surface area contributed by atoms with E-state index in [1.807, 2.05) is 27.7 Å². The number of nitrogens with two attached hydrogens (primary N) is 1. The first-order valence-electron chi connectivity index (χ1n) is 7.83. The van der Waals surface area contributed by atoms with E-state index < -0.39 is 17.4 Å². The Morgan fingerprint density at radius 3 is 2.26 bits per heavy atom. The Bertz CT molecular complexity index is 592. The Labute approximate surface area is 138 Å². The fraction of sp³-hybridized carbons (Fsp3) is 0.611. The summed E-state index contributed by atoms with van der Waals surface area (Å²) in [6.07, 6.45) is 0. The highest BCUT2D eigenvalue weighted by atomic mass is 16.7. The second kappa shape index (κ2) is 5.80. The predicted octanol–water partition coefficient (Wildman–Crippen LogP) is 3.47. The van der Waals surface area contributed by atoms with Crippen molar-refractivity contribution in [1.82, 2.24) is 0 Å².